The van der Waals surface area contributed by atoms with E-state index < -0.39 is 17.8 Å². The first kappa shape index (κ1) is 18.7. The minimum absolute atomic E-state index is 0.0161. The lowest BCUT2D eigenvalue weighted by atomic mass is 10.1. The Labute approximate surface area is 152 Å². The molecule has 8 heteroatoms. The van der Waals surface area contributed by atoms with E-state index in [2.05, 4.69) is 15.9 Å². The number of esters is 2. The quantitative estimate of drug-likeness (QED) is 0.709. The Morgan fingerprint density at radius 2 is 1.76 bits per heavy atom. The van der Waals surface area contributed by atoms with Gasteiger partial charge in [-0.15, -0.1) is 0 Å². The number of carbonyl (C=O) groups is 2. The highest BCUT2D eigenvalue weighted by Crippen LogP contribution is 2.40. The van der Waals surface area contributed by atoms with Gasteiger partial charge in [-0.1, -0.05) is 6.08 Å². The maximum absolute atomic E-state index is 13.7. The van der Waals surface area contributed by atoms with Crippen LogP contribution in [0.15, 0.2) is 52.3 Å². The second-order valence-electron chi connectivity index (χ2n) is 4.75. The molecule has 0 saturated heterocycles. The van der Waals surface area contributed by atoms with E-state index in [-0.39, 0.29) is 17.0 Å². The van der Waals surface area contributed by atoms with E-state index in [1.807, 2.05) is 0 Å². The third kappa shape index (κ3) is 3.74. The maximum Gasteiger partial charge on any atom is 0.355 e. The molecular formula is C17H15BrFNO5. The minimum atomic E-state index is -0.769. The molecule has 0 amide bonds. The summed E-state index contributed by atoms with van der Waals surface area (Å²) in [5.74, 6) is -1.86. The monoisotopic (exact) mass is 411 g/mol. The molecule has 0 spiro atoms. The number of halogens is 2. The van der Waals surface area contributed by atoms with Gasteiger partial charge < -0.3 is 19.1 Å². The Morgan fingerprint density at radius 1 is 1.08 bits per heavy atom. The smallest absolute Gasteiger partial charge is 0.355 e. The zero-order valence-corrected chi connectivity index (χ0v) is 15.3. The zero-order chi connectivity index (χ0) is 18.6. The van der Waals surface area contributed by atoms with Crippen molar-refractivity contribution in [3.05, 3.63) is 58.1 Å². The Morgan fingerprint density at radius 3 is 2.36 bits per heavy atom. The first-order chi connectivity index (χ1) is 11.9. The second kappa shape index (κ2) is 7.98. The number of carbonyl (C=O) groups excluding carboxylic acids is 2. The van der Waals surface area contributed by atoms with Crippen LogP contribution in [0.1, 0.15) is 0 Å². The summed E-state index contributed by atoms with van der Waals surface area (Å²) in [4.78, 5) is 25.9. The lowest BCUT2D eigenvalue weighted by molar-refractivity contribution is -0.139. The lowest BCUT2D eigenvalue weighted by Gasteiger charge is -2.25. The van der Waals surface area contributed by atoms with Crippen molar-refractivity contribution in [3.63, 3.8) is 0 Å². The van der Waals surface area contributed by atoms with Crippen LogP contribution in [0.25, 0.3) is 0 Å². The van der Waals surface area contributed by atoms with Crippen molar-refractivity contribution < 1.29 is 28.2 Å². The fraction of sp³-hybridized carbons (Fsp3) is 0.176. The Balaban J connectivity index is 2.78. The minimum Gasteiger partial charge on any atom is -0.494 e. The molecule has 6 nitrogen and oxygen atoms in total. The number of methoxy groups -OCH3 is 3. The van der Waals surface area contributed by atoms with Crippen molar-refractivity contribution in [1.29, 1.82) is 0 Å². The van der Waals surface area contributed by atoms with E-state index >= 15 is 0 Å². The first-order valence-electron chi connectivity index (χ1n) is 7.02. The molecule has 0 saturated carbocycles. The summed E-state index contributed by atoms with van der Waals surface area (Å²) in [6, 6.07) is 2.38. The van der Waals surface area contributed by atoms with Gasteiger partial charge in [-0.25, -0.2) is 14.0 Å². The van der Waals surface area contributed by atoms with Crippen molar-refractivity contribution in [1.82, 2.24) is 0 Å². The summed E-state index contributed by atoms with van der Waals surface area (Å²) in [6.07, 6.45) is 6.13. The van der Waals surface area contributed by atoms with Crippen molar-refractivity contribution in [2.75, 3.05) is 26.2 Å². The largest absolute Gasteiger partial charge is 0.494 e. The van der Waals surface area contributed by atoms with Gasteiger partial charge in [-0.3, -0.25) is 0 Å². The van der Waals surface area contributed by atoms with Crippen LogP contribution in [0, 0.1) is 5.82 Å². The zero-order valence-electron chi connectivity index (χ0n) is 13.7. The summed E-state index contributed by atoms with van der Waals surface area (Å²) in [7, 11) is 3.76. The number of allylic oxidation sites excluding steroid dienone is 2. The van der Waals surface area contributed by atoms with Gasteiger partial charge in [-0.05, 0) is 34.1 Å². The van der Waals surface area contributed by atoms with Crippen LogP contribution in [-0.2, 0) is 19.1 Å². The van der Waals surface area contributed by atoms with Gasteiger partial charge in [0.2, 0.25) is 0 Å². The van der Waals surface area contributed by atoms with Gasteiger partial charge in [-0.2, -0.15) is 0 Å². The molecule has 0 unspecified atom stereocenters. The fourth-order valence-corrected chi connectivity index (χ4v) is 2.87. The number of rotatable bonds is 4. The summed E-state index contributed by atoms with van der Waals surface area (Å²) in [6.45, 7) is 0. The van der Waals surface area contributed by atoms with Crippen LogP contribution >= 0.6 is 15.9 Å². The predicted molar refractivity (Wildman–Crippen MR) is 92.5 cm³/mol. The molecule has 1 aliphatic rings. The highest BCUT2D eigenvalue weighted by atomic mass is 79.9. The average Bonchev–Trinajstić information content (AvgIpc) is 2.82. The van der Waals surface area contributed by atoms with Crippen LogP contribution in [-0.4, -0.2) is 33.3 Å². The van der Waals surface area contributed by atoms with Crippen LogP contribution in [0.3, 0.4) is 0 Å². The third-order valence-corrected chi connectivity index (χ3v) is 3.95. The van der Waals surface area contributed by atoms with Crippen LogP contribution in [0.5, 0.6) is 5.75 Å². The average molecular weight is 412 g/mol. The molecule has 0 N–H and O–H groups in total. The molecule has 1 heterocycles. The third-order valence-electron chi connectivity index (χ3n) is 3.34. The number of hydrogen-bond acceptors (Lipinski definition) is 6. The van der Waals surface area contributed by atoms with Gasteiger partial charge in [0.1, 0.15) is 23.0 Å². The number of anilines is 1. The molecule has 1 aromatic rings. The maximum atomic E-state index is 13.7. The van der Waals surface area contributed by atoms with Gasteiger partial charge in [0, 0.05) is 16.7 Å². The number of nitrogens with zero attached hydrogens (tertiary/aromatic N) is 1. The van der Waals surface area contributed by atoms with Crippen molar-refractivity contribution >= 4 is 33.6 Å². The summed E-state index contributed by atoms with van der Waals surface area (Å²) in [5.41, 5.74) is 0.216. The number of ether oxygens (including phenoxy) is 3. The molecule has 0 aliphatic carbocycles. The topological polar surface area (TPSA) is 65.1 Å². The predicted octanol–water partition coefficient (Wildman–Crippen LogP) is 3.09. The van der Waals surface area contributed by atoms with Crippen LogP contribution in [0.4, 0.5) is 10.1 Å². The number of hydrogen-bond donors (Lipinski definition) is 0. The Hall–Kier alpha value is -2.61. The second-order valence-corrected chi connectivity index (χ2v) is 5.61. The van der Waals surface area contributed by atoms with Gasteiger partial charge in [0.05, 0.1) is 26.9 Å². The van der Waals surface area contributed by atoms with E-state index in [4.69, 9.17) is 14.2 Å². The molecule has 132 valence electrons. The van der Waals surface area contributed by atoms with E-state index in [1.54, 1.807) is 12.2 Å². The number of benzene rings is 1. The summed E-state index contributed by atoms with van der Waals surface area (Å²) < 4.78 is 28.8. The van der Waals surface area contributed by atoms with Crippen molar-refractivity contribution in [3.8, 4) is 5.75 Å². The normalized spacial score (nSPS) is 13.6. The van der Waals surface area contributed by atoms with E-state index in [1.165, 1.54) is 50.6 Å². The highest BCUT2D eigenvalue weighted by molar-refractivity contribution is 9.10. The van der Waals surface area contributed by atoms with Crippen molar-refractivity contribution in [2.24, 2.45) is 0 Å². The SMILES string of the molecule is COC(=O)C1=C(C(=O)OC)N(c2c(Br)cc(F)cc2OC)C=CC=C1. The lowest BCUT2D eigenvalue weighted by Crippen LogP contribution is -2.27. The molecular weight excluding hydrogens is 397 g/mol. The van der Waals surface area contributed by atoms with Gasteiger partial charge in [0.25, 0.3) is 0 Å². The molecule has 0 fully saturated rings. The summed E-state index contributed by atoms with van der Waals surface area (Å²) in [5, 5.41) is 0. The first-order valence-corrected chi connectivity index (χ1v) is 7.82. The highest BCUT2D eigenvalue weighted by Gasteiger charge is 2.30. The van der Waals surface area contributed by atoms with Crippen LogP contribution < -0.4 is 9.64 Å². The van der Waals surface area contributed by atoms with E-state index in [0.29, 0.717) is 10.2 Å². The molecule has 0 aromatic heterocycles. The van der Waals surface area contributed by atoms with Crippen LogP contribution in [0.2, 0.25) is 0 Å². The summed E-state index contributed by atoms with van der Waals surface area (Å²) >= 11 is 3.27. The molecule has 2 rings (SSSR count). The van der Waals surface area contributed by atoms with E-state index in [9.17, 15) is 14.0 Å². The van der Waals surface area contributed by atoms with Crippen molar-refractivity contribution in [2.45, 2.75) is 0 Å². The molecule has 1 aliphatic heterocycles. The standard InChI is InChI=1S/C17H15BrFNO5/c1-23-13-9-10(19)8-12(18)15(13)20-7-5-4-6-11(16(21)24-2)14(20)17(22)25-3/h4-9H,1-3H3. The molecule has 1 aromatic carbocycles. The molecule has 0 atom stereocenters. The molecule has 25 heavy (non-hydrogen) atoms. The molecule has 0 radical (unpaired) electrons. The van der Waals surface area contributed by atoms with E-state index in [0.717, 1.165) is 0 Å². The Kier molecular flexibility index (Phi) is 5.97. The van der Waals surface area contributed by atoms with Gasteiger partial charge in [0.15, 0.2) is 0 Å². The van der Waals surface area contributed by atoms with Gasteiger partial charge >= 0.3 is 11.9 Å². The fourth-order valence-electron chi connectivity index (χ4n) is 2.27. The molecule has 0 bridgehead atoms. The Bertz CT molecular complexity index is 800.